The number of hydrogen-bond acceptors (Lipinski definition) is 1. The summed E-state index contributed by atoms with van der Waals surface area (Å²) in [5.74, 6) is 0. The maximum absolute atomic E-state index is 3.45. The van der Waals surface area contributed by atoms with E-state index in [9.17, 15) is 0 Å². The highest BCUT2D eigenvalue weighted by atomic mass is 15.1. The van der Waals surface area contributed by atoms with Crippen LogP contribution in [0.3, 0.4) is 0 Å². The summed E-state index contributed by atoms with van der Waals surface area (Å²) in [6.07, 6.45) is 6.29. The van der Waals surface area contributed by atoms with Gasteiger partial charge in [-0.2, -0.15) is 0 Å². The van der Waals surface area contributed by atoms with Crippen LogP contribution in [0.4, 0.5) is 0 Å². The molecule has 0 aromatic rings. The number of allylic oxidation sites excluding steroid dienone is 2. The molecule has 0 aromatic heterocycles. The molecule has 0 spiro atoms. The van der Waals surface area contributed by atoms with Gasteiger partial charge in [0.2, 0.25) is 5.66 Å². The number of nitrogens with one attached hydrogen (secondary N) is 2. The van der Waals surface area contributed by atoms with Crippen molar-refractivity contribution in [2.45, 2.75) is 39.3 Å². The van der Waals surface area contributed by atoms with Crippen LogP contribution in [0.5, 0.6) is 0 Å². The van der Waals surface area contributed by atoms with Crippen molar-refractivity contribution in [3.8, 4) is 0 Å². The van der Waals surface area contributed by atoms with E-state index < -0.39 is 0 Å². The van der Waals surface area contributed by atoms with E-state index in [1.807, 2.05) is 6.21 Å². The molecule has 2 nitrogen and oxygen atoms in total. The summed E-state index contributed by atoms with van der Waals surface area (Å²) in [6, 6.07) is 0. The first kappa shape index (κ1) is 8.31. The Labute approximate surface area is 68.4 Å². The molecule has 1 heterocycles. The minimum absolute atomic E-state index is 0.110. The summed E-state index contributed by atoms with van der Waals surface area (Å²) >= 11 is 0. The highest BCUT2D eigenvalue weighted by molar-refractivity contribution is 5.67. The van der Waals surface area contributed by atoms with Crippen molar-refractivity contribution in [1.29, 1.82) is 0 Å². The molecule has 0 bridgehead atoms. The van der Waals surface area contributed by atoms with Crippen LogP contribution in [0.2, 0.25) is 0 Å². The summed E-state index contributed by atoms with van der Waals surface area (Å²) in [6.45, 7) is 6.48. The van der Waals surface area contributed by atoms with E-state index in [2.05, 4.69) is 37.2 Å². The zero-order valence-electron chi connectivity index (χ0n) is 7.57. The van der Waals surface area contributed by atoms with Crippen LogP contribution in [0.15, 0.2) is 11.8 Å². The van der Waals surface area contributed by atoms with E-state index in [-0.39, 0.29) is 5.66 Å². The van der Waals surface area contributed by atoms with Crippen molar-refractivity contribution in [3.63, 3.8) is 0 Å². The molecule has 0 saturated carbocycles. The summed E-state index contributed by atoms with van der Waals surface area (Å²) < 4.78 is 0. The van der Waals surface area contributed by atoms with Crippen molar-refractivity contribution in [1.82, 2.24) is 5.32 Å². The van der Waals surface area contributed by atoms with E-state index in [1.165, 1.54) is 5.70 Å². The fourth-order valence-electron chi connectivity index (χ4n) is 1.41. The van der Waals surface area contributed by atoms with Crippen molar-refractivity contribution in [2.24, 2.45) is 0 Å². The van der Waals surface area contributed by atoms with E-state index in [1.54, 1.807) is 0 Å². The highest BCUT2D eigenvalue weighted by Gasteiger charge is 2.31. The maximum atomic E-state index is 3.45. The third-order valence-corrected chi connectivity index (χ3v) is 2.34. The largest absolute Gasteiger partial charge is 0.330 e. The Balaban J connectivity index is 2.75. The molecule has 0 radical (unpaired) electrons. The molecule has 11 heavy (non-hydrogen) atoms. The first-order chi connectivity index (χ1) is 5.22. The lowest BCUT2D eigenvalue weighted by atomic mass is 10.0. The molecule has 0 saturated heterocycles. The lowest BCUT2D eigenvalue weighted by Crippen LogP contribution is -2.90. The summed E-state index contributed by atoms with van der Waals surface area (Å²) in [4.78, 5) is 3.35. The topological polar surface area (TPSA) is 26.0 Å². The van der Waals surface area contributed by atoms with Gasteiger partial charge in [0.25, 0.3) is 0 Å². The fraction of sp³-hybridized carbons (Fsp3) is 0.667. The van der Waals surface area contributed by atoms with Gasteiger partial charge in [-0.05, 0) is 6.92 Å². The molecule has 2 heteroatoms. The van der Waals surface area contributed by atoms with Gasteiger partial charge in [0.1, 0.15) is 0 Å². The van der Waals surface area contributed by atoms with Gasteiger partial charge in [0, 0.05) is 24.6 Å². The van der Waals surface area contributed by atoms with Crippen LogP contribution >= 0.6 is 0 Å². The lowest BCUT2D eigenvalue weighted by Gasteiger charge is -2.26. The highest BCUT2D eigenvalue weighted by Crippen LogP contribution is 2.08. The quantitative estimate of drug-likeness (QED) is 0.581. The predicted molar refractivity (Wildman–Crippen MR) is 47.2 cm³/mol. The van der Waals surface area contributed by atoms with Crippen LogP contribution in [-0.4, -0.2) is 11.9 Å². The molecule has 62 valence electrons. The van der Waals surface area contributed by atoms with Gasteiger partial charge in [-0.25, -0.2) is 4.99 Å². The second kappa shape index (κ2) is 3.07. The van der Waals surface area contributed by atoms with Crippen LogP contribution < -0.4 is 10.3 Å². The van der Waals surface area contributed by atoms with E-state index in [0.29, 0.717) is 0 Å². The first-order valence-electron chi connectivity index (χ1n) is 4.28. The molecular formula is C9H17N2+. The van der Waals surface area contributed by atoms with Crippen molar-refractivity contribution in [3.05, 3.63) is 11.8 Å². The van der Waals surface area contributed by atoms with Crippen molar-refractivity contribution < 1.29 is 4.99 Å². The third kappa shape index (κ3) is 1.62. The average molecular weight is 153 g/mol. The van der Waals surface area contributed by atoms with Crippen LogP contribution in [0.25, 0.3) is 0 Å². The Morgan fingerprint density at radius 3 is 2.45 bits per heavy atom. The molecule has 0 aliphatic carbocycles. The van der Waals surface area contributed by atoms with Crippen LogP contribution in [-0.2, 0) is 0 Å². The minimum atomic E-state index is 0.110. The SMILES string of the molecule is CCC1(CC)NC(C)=CC=[NH+]1. The van der Waals surface area contributed by atoms with Gasteiger partial charge >= 0.3 is 0 Å². The smallest absolute Gasteiger partial charge is 0.233 e. The lowest BCUT2D eigenvalue weighted by molar-refractivity contribution is -0.560. The average Bonchev–Trinajstić information content (AvgIpc) is 2.04. The van der Waals surface area contributed by atoms with Crippen LogP contribution in [0, 0.1) is 0 Å². The van der Waals surface area contributed by atoms with Crippen molar-refractivity contribution in [2.75, 3.05) is 0 Å². The Hall–Kier alpha value is -0.790. The maximum Gasteiger partial charge on any atom is 0.233 e. The van der Waals surface area contributed by atoms with Crippen LogP contribution in [0.1, 0.15) is 33.6 Å². The normalized spacial score (nSPS) is 20.8. The monoisotopic (exact) mass is 153 g/mol. The van der Waals surface area contributed by atoms with Gasteiger partial charge < -0.3 is 5.32 Å². The summed E-state index contributed by atoms with van der Waals surface area (Å²) in [5.41, 5.74) is 1.35. The molecule has 1 aliphatic heterocycles. The van der Waals surface area contributed by atoms with Gasteiger partial charge in [0.15, 0.2) is 6.21 Å². The fourth-order valence-corrected chi connectivity index (χ4v) is 1.41. The molecule has 1 rings (SSSR count). The van der Waals surface area contributed by atoms with Gasteiger partial charge in [-0.15, -0.1) is 0 Å². The zero-order chi connectivity index (χ0) is 8.32. The molecule has 0 atom stereocenters. The molecule has 0 aromatic carbocycles. The van der Waals surface area contributed by atoms with Gasteiger partial charge in [-0.1, -0.05) is 13.8 Å². The second-order valence-electron chi connectivity index (χ2n) is 3.07. The first-order valence-corrected chi connectivity index (χ1v) is 4.28. The molecular weight excluding hydrogens is 136 g/mol. The molecule has 2 N–H and O–H groups in total. The summed E-state index contributed by atoms with van der Waals surface area (Å²) in [5, 5.41) is 3.45. The molecule has 0 unspecified atom stereocenters. The Morgan fingerprint density at radius 2 is 2.09 bits per heavy atom. The van der Waals surface area contributed by atoms with E-state index >= 15 is 0 Å². The zero-order valence-corrected chi connectivity index (χ0v) is 7.57. The molecule has 0 amide bonds. The van der Waals surface area contributed by atoms with E-state index in [4.69, 9.17) is 0 Å². The van der Waals surface area contributed by atoms with E-state index in [0.717, 1.165) is 12.8 Å². The third-order valence-electron chi connectivity index (χ3n) is 2.34. The van der Waals surface area contributed by atoms with Gasteiger partial charge in [-0.3, -0.25) is 0 Å². The van der Waals surface area contributed by atoms with Gasteiger partial charge in [0.05, 0.1) is 0 Å². The second-order valence-corrected chi connectivity index (χ2v) is 3.07. The predicted octanol–water partition coefficient (Wildman–Crippen LogP) is 0.161. The Kier molecular flexibility index (Phi) is 2.32. The Morgan fingerprint density at radius 1 is 1.45 bits per heavy atom. The summed E-state index contributed by atoms with van der Waals surface area (Å²) in [7, 11) is 0. The standard InChI is InChI=1S/C9H16N2/c1-4-9(5-2)10-7-6-8(3)11-9/h6-7,11H,4-5H2,1-3H3/p+1. The Bertz CT molecular complexity index is 188. The minimum Gasteiger partial charge on any atom is -0.330 e. The molecule has 1 aliphatic rings. The number of hydrogen-bond donors (Lipinski definition) is 2. The molecule has 0 fully saturated rings. The number of rotatable bonds is 2. The van der Waals surface area contributed by atoms with Crippen molar-refractivity contribution >= 4 is 6.21 Å².